The van der Waals surface area contributed by atoms with Crippen LogP contribution in [0.3, 0.4) is 0 Å². The predicted molar refractivity (Wildman–Crippen MR) is 137 cm³/mol. The van der Waals surface area contributed by atoms with Gasteiger partial charge in [-0.05, 0) is 85.8 Å². The maximum Gasteiger partial charge on any atom is 0.306 e. The van der Waals surface area contributed by atoms with Crippen molar-refractivity contribution in [1.82, 2.24) is 0 Å². The normalized spacial score (nSPS) is 42.7. The highest BCUT2D eigenvalue weighted by molar-refractivity contribution is 5.69. The predicted octanol–water partition coefficient (Wildman–Crippen LogP) is 4.76. The van der Waals surface area contributed by atoms with E-state index in [1.165, 1.54) is 0 Å². The standard InChI is InChI=1S/C30H40O7/c1-27-12-13-29(35,16-24(31)32)15-19(27)14-21(18-4-6-20(37-3)7-5-18)26-22(27)8-10-28(2)23(26)9-11-30(28,36)17-25(33)34/h4-7,14,21-23,26,35-36H,8-13,15-17H2,1-3H3,(H,31,32)(H,33,34). The summed E-state index contributed by atoms with van der Waals surface area (Å²) in [6.07, 6.45) is 6.25. The minimum atomic E-state index is -1.24. The van der Waals surface area contributed by atoms with Crippen molar-refractivity contribution in [1.29, 1.82) is 0 Å². The van der Waals surface area contributed by atoms with Gasteiger partial charge in [0, 0.05) is 11.3 Å². The monoisotopic (exact) mass is 512 g/mol. The molecule has 0 spiro atoms. The Hall–Kier alpha value is -2.38. The zero-order chi connectivity index (χ0) is 26.8. The lowest BCUT2D eigenvalue weighted by Gasteiger charge is -2.61. The van der Waals surface area contributed by atoms with Crippen LogP contribution in [0.25, 0.3) is 0 Å². The molecule has 7 nitrogen and oxygen atoms in total. The topological polar surface area (TPSA) is 124 Å². The van der Waals surface area contributed by atoms with Gasteiger partial charge in [-0.2, -0.15) is 0 Å². The fourth-order valence-electron chi connectivity index (χ4n) is 8.97. The number of benzene rings is 1. The van der Waals surface area contributed by atoms with Crippen LogP contribution in [0.5, 0.6) is 5.75 Å². The smallest absolute Gasteiger partial charge is 0.306 e. The minimum Gasteiger partial charge on any atom is -0.497 e. The van der Waals surface area contributed by atoms with Crippen LogP contribution in [0.4, 0.5) is 0 Å². The van der Waals surface area contributed by atoms with E-state index >= 15 is 0 Å². The molecule has 5 rings (SSSR count). The van der Waals surface area contributed by atoms with Crippen LogP contribution in [-0.2, 0) is 9.59 Å². The average molecular weight is 513 g/mol. The second kappa shape index (κ2) is 8.84. The first-order valence-electron chi connectivity index (χ1n) is 13.6. The van der Waals surface area contributed by atoms with Crippen LogP contribution in [0.15, 0.2) is 35.9 Å². The van der Waals surface area contributed by atoms with Gasteiger partial charge in [-0.1, -0.05) is 37.6 Å². The average Bonchev–Trinajstić information content (AvgIpc) is 3.08. The van der Waals surface area contributed by atoms with Crippen LogP contribution in [-0.4, -0.2) is 50.7 Å². The molecule has 1 aromatic carbocycles. The Balaban J connectivity index is 1.60. The minimum absolute atomic E-state index is 0.0305. The van der Waals surface area contributed by atoms with Gasteiger partial charge < -0.3 is 25.2 Å². The van der Waals surface area contributed by atoms with Crippen LogP contribution in [0, 0.1) is 28.6 Å². The molecule has 0 amide bonds. The largest absolute Gasteiger partial charge is 0.497 e. The van der Waals surface area contributed by atoms with E-state index in [9.17, 15) is 30.0 Å². The van der Waals surface area contributed by atoms with Gasteiger partial charge in [0.25, 0.3) is 0 Å². The number of fused-ring (bicyclic) bond motifs is 5. The number of methoxy groups -OCH3 is 1. The number of ether oxygens (including phenoxy) is 1. The molecule has 8 atom stereocenters. The Morgan fingerprint density at radius 3 is 2.19 bits per heavy atom. The number of hydrogen-bond acceptors (Lipinski definition) is 5. The van der Waals surface area contributed by atoms with Gasteiger partial charge in [-0.25, -0.2) is 0 Å². The first-order chi connectivity index (χ1) is 17.3. The third-order valence-electron chi connectivity index (χ3n) is 11.1. The maximum atomic E-state index is 11.7. The summed E-state index contributed by atoms with van der Waals surface area (Å²) in [4.78, 5) is 23.3. The number of aliphatic carboxylic acids is 2. The quantitative estimate of drug-likeness (QED) is 0.405. The van der Waals surface area contributed by atoms with Crippen LogP contribution in [0.2, 0.25) is 0 Å². The molecule has 8 unspecified atom stereocenters. The van der Waals surface area contributed by atoms with Crippen molar-refractivity contribution in [2.45, 2.75) is 88.8 Å². The highest BCUT2D eigenvalue weighted by Crippen LogP contribution is 2.70. The molecule has 0 aromatic heterocycles. The first kappa shape index (κ1) is 26.2. The van der Waals surface area contributed by atoms with Crippen molar-refractivity contribution in [3.63, 3.8) is 0 Å². The zero-order valence-electron chi connectivity index (χ0n) is 22.1. The summed E-state index contributed by atoms with van der Waals surface area (Å²) < 4.78 is 5.39. The summed E-state index contributed by atoms with van der Waals surface area (Å²) in [7, 11) is 1.64. The molecule has 0 radical (unpaired) electrons. The van der Waals surface area contributed by atoms with Crippen molar-refractivity contribution < 1.29 is 34.8 Å². The molecule has 4 N–H and O–H groups in total. The van der Waals surface area contributed by atoms with Crippen molar-refractivity contribution in [3.05, 3.63) is 41.5 Å². The number of carboxylic acids is 2. The molecule has 0 bridgehead atoms. The van der Waals surface area contributed by atoms with Crippen LogP contribution in [0.1, 0.15) is 83.1 Å². The molecule has 7 heteroatoms. The van der Waals surface area contributed by atoms with E-state index in [1.807, 2.05) is 12.1 Å². The number of aliphatic hydroxyl groups is 2. The Labute approximate surface area is 218 Å². The fraction of sp³-hybridized carbons (Fsp3) is 0.667. The second-order valence-corrected chi connectivity index (χ2v) is 12.8. The molecule has 4 aliphatic rings. The summed E-state index contributed by atoms with van der Waals surface area (Å²) in [5.41, 5.74) is -0.835. The van der Waals surface area contributed by atoms with Crippen molar-refractivity contribution >= 4 is 11.9 Å². The lowest BCUT2D eigenvalue weighted by molar-refractivity contribution is -0.159. The van der Waals surface area contributed by atoms with Crippen LogP contribution >= 0.6 is 0 Å². The van der Waals surface area contributed by atoms with Crippen LogP contribution < -0.4 is 4.74 Å². The Bertz CT molecular complexity index is 1110. The van der Waals surface area contributed by atoms with E-state index in [0.29, 0.717) is 25.2 Å². The summed E-state index contributed by atoms with van der Waals surface area (Å²) in [5.74, 6) is -0.453. The fourth-order valence-corrected chi connectivity index (χ4v) is 8.97. The number of hydrogen-bond donors (Lipinski definition) is 4. The third kappa shape index (κ3) is 4.09. The van der Waals surface area contributed by atoms with E-state index in [-0.39, 0.29) is 36.0 Å². The number of rotatable bonds is 6. The molecule has 3 fully saturated rings. The SMILES string of the molecule is COc1ccc(C2C=C3CC(O)(CC(=O)O)CCC3(C)C3CCC4(C)C(CCC4(O)CC(=O)O)C23)cc1. The van der Waals surface area contributed by atoms with Gasteiger partial charge in [0.1, 0.15) is 5.75 Å². The van der Waals surface area contributed by atoms with Gasteiger partial charge in [-0.15, -0.1) is 0 Å². The Kier molecular flexibility index (Phi) is 6.27. The molecule has 3 saturated carbocycles. The Morgan fingerprint density at radius 1 is 0.919 bits per heavy atom. The number of carbonyl (C=O) groups is 2. The van der Waals surface area contributed by atoms with Gasteiger partial charge in [0.05, 0.1) is 31.2 Å². The summed E-state index contributed by atoms with van der Waals surface area (Å²) in [6.45, 7) is 4.38. The molecule has 0 aliphatic heterocycles. The van der Waals surface area contributed by atoms with Crippen molar-refractivity contribution in [2.24, 2.45) is 28.6 Å². The lowest BCUT2D eigenvalue weighted by atomic mass is 9.43. The third-order valence-corrected chi connectivity index (χ3v) is 11.1. The van der Waals surface area contributed by atoms with E-state index in [0.717, 1.165) is 42.6 Å². The highest BCUT2D eigenvalue weighted by atomic mass is 16.5. The van der Waals surface area contributed by atoms with Gasteiger partial charge in [-0.3, -0.25) is 9.59 Å². The van der Waals surface area contributed by atoms with Gasteiger partial charge >= 0.3 is 11.9 Å². The molecular formula is C30H40O7. The molecule has 202 valence electrons. The second-order valence-electron chi connectivity index (χ2n) is 12.8. The molecule has 0 heterocycles. The maximum absolute atomic E-state index is 11.7. The lowest BCUT2D eigenvalue weighted by Crippen LogP contribution is -2.57. The van der Waals surface area contributed by atoms with E-state index in [4.69, 9.17) is 4.74 Å². The van der Waals surface area contributed by atoms with E-state index in [1.54, 1.807) is 7.11 Å². The molecular weight excluding hydrogens is 472 g/mol. The van der Waals surface area contributed by atoms with Crippen molar-refractivity contribution in [3.8, 4) is 5.75 Å². The highest BCUT2D eigenvalue weighted by Gasteiger charge is 2.66. The van der Waals surface area contributed by atoms with Gasteiger partial charge in [0.15, 0.2) is 0 Å². The molecule has 0 saturated heterocycles. The van der Waals surface area contributed by atoms with E-state index < -0.39 is 28.6 Å². The Morgan fingerprint density at radius 2 is 1.57 bits per heavy atom. The summed E-state index contributed by atoms with van der Waals surface area (Å²) in [5, 5.41) is 42.0. The van der Waals surface area contributed by atoms with Gasteiger partial charge in [0.2, 0.25) is 0 Å². The molecule has 1 aromatic rings. The summed E-state index contributed by atoms with van der Waals surface area (Å²) >= 11 is 0. The molecule has 37 heavy (non-hydrogen) atoms. The number of allylic oxidation sites excluding steroid dienone is 1. The van der Waals surface area contributed by atoms with E-state index in [2.05, 4.69) is 32.1 Å². The van der Waals surface area contributed by atoms with Crippen molar-refractivity contribution in [2.75, 3.05) is 7.11 Å². The molecule has 4 aliphatic carbocycles. The first-order valence-corrected chi connectivity index (χ1v) is 13.6. The zero-order valence-corrected chi connectivity index (χ0v) is 22.1. The number of carboxylic acid groups (broad SMARTS) is 2. The summed E-state index contributed by atoms with van der Waals surface area (Å²) in [6, 6.07) is 8.07.